The van der Waals surface area contributed by atoms with Crippen LogP contribution in [0.2, 0.25) is 0 Å². The van der Waals surface area contributed by atoms with Crippen LogP contribution in [0.3, 0.4) is 0 Å². The molecule has 0 aliphatic carbocycles. The van der Waals surface area contributed by atoms with Gasteiger partial charge in [0.05, 0.1) is 20.3 Å². The lowest BCUT2D eigenvalue weighted by Crippen LogP contribution is -2.14. The average molecular weight is 287 g/mol. The van der Waals surface area contributed by atoms with E-state index in [2.05, 4.69) is 5.48 Å². The van der Waals surface area contributed by atoms with Crippen molar-refractivity contribution in [3.63, 3.8) is 0 Å². The van der Waals surface area contributed by atoms with E-state index >= 15 is 0 Å². The highest BCUT2D eigenvalue weighted by molar-refractivity contribution is 5.42. The van der Waals surface area contributed by atoms with Gasteiger partial charge < -0.3 is 9.47 Å². The number of benzene rings is 2. The number of hydroxylamine groups is 1. The molecule has 4 nitrogen and oxygen atoms in total. The molecule has 0 bridgehead atoms. The van der Waals surface area contributed by atoms with Gasteiger partial charge in [-0.1, -0.05) is 36.4 Å². The topological polar surface area (TPSA) is 39.7 Å². The third kappa shape index (κ3) is 4.77. The van der Waals surface area contributed by atoms with Gasteiger partial charge in [-0.2, -0.15) is 5.48 Å². The number of methoxy groups -OCH3 is 1. The Labute approximate surface area is 125 Å². The van der Waals surface area contributed by atoms with Gasteiger partial charge in [-0.3, -0.25) is 4.84 Å². The lowest BCUT2D eigenvalue weighted by Gasteiger charge is -2.11. The molecule has 0 saturated carbocycles. The highest BCUT2D eigenvalue weighted by atomic mass is 16.6. The van der Waals surface area contributed by atoms with E-state index in [0.717, 1.165) is 22.6 Å². The van der Waals surface area contributed by atoms with Crippen molar-refractivity contribution in [2.75, 3.05) is 13.7 Å². The molecule has 2 aromatic rings. The van der Waals surface area contributed by atoms with E-state index in [1.807, 2.05) is 55.5 Å². The fraction of sp³-hybridized carbons (Fsp3) is 0.294. The number of nitrogens with one attached hydrogen (secondary N) is 1. The molecule has 0 spiro atoms. The van der Waals surface area contributed by atoms with Crippen molar-refractivity contribution in [1.82, 2.24) is 5.48 Å². The van der Waals surface area contributed by atoms with Crippen LogP contribution in [0.4, 0.5) is 0 Å². The number of hydrogen-bond donors (Lipinski definition) is 1. The summed E-state index contributed by atoms with van der Waals surface area (Å²) in [6.45, 7) is 3.71. The zero-order valence-corrected chi connectivity index (χ0v) is 12.5. The van der Waals surface area contributed by atoms with Crippen LogP contribution in [0.25, 0.3) is 0 Å². The molecule has 21 heavy (non-hydrogen) atoms. The zero-order valence-electron chi connectivity index (χ0n) is 12.5. The van der Waals surface area contributed by atoms with Crippen molar-refractivity contribution in [3.05, 3.63) is 59.7 Å². The smallest absolute Gasteiger partial charge is 0.161 e. The van der Waals surface area contributed by atoms with Crippen molar-refractivity contribution in [2.45, 2.75) is 20.1 Å². The summed E-state index contributed by atoms with van der Waals surface area (Å²) in [6, 6.07) is 15.9. The molecule has 0 atom stereocenters. The summed E-state index contributed by atoms with van der Waals surface area (Å²) >= 11 is 0. The van der Waals surface area contributed by atoms with Crippen LogP contribution < -0.4 is 15.0 Å². The molecule has 0 unspecified atom stereocenters. The molecule has 0 fully saturated rings. The van der Waals surface area contributed by atoms with Gasteiger partial charge in [0.1, 0.15) is 0 Å². The van der Waals surface area contributed by atoms with Gasteiger partial charge >= 0.3 is 0 Å². The fourth-order valence-corrected chi connectivity index (χ4v) is 1.94. The molecule has 0 heterocycles. The largest absolute Gasteiger partial charge is 0.493 e. The SMILES string of the molecule is CCOc1cc(CNOCc2ccccc2)ccc1OC. The lowest BCUT2D eigenvalue weighted by atomic mass is 10.2. The van der Waals surface area contributed by atoms with Crippen molar-refractivity contribution in [2.24, 2.45) is 0 Å². The van der Waals surface area contributed by atoms with E-state index in [1.54, 1.807) is 7.11 Å². The Kier molecular flexibility index (Phi) is 6.06. The highest BCUT2D eigenvalue weighted by Gasteiger charge is 2.05. The molecule has 0 radical (unpaired) electrons. The van der Waals surface area contributed by atoms with Crippen molar-refractivity contribution < 1.29 is 14.3 Å². The van der Waals surface area contributed by atoms with Gasteiger partial charge in [-0.05, 0) is 30.2 Å². The van der Waals surface area contributed by atoms with E-state index in [-0.39, 0.29) is 0 Å². The van der Waals surface area contributed by atoms with E-state index in [0.29, 0.717) is 19.8 Å². The first-order valence-electron chi connectivity index (χ1n) is 7.01. The number of hydrogen-bond acceptors (Lipinski definition) is 4. The average Bonchev–Trinajstić information content (AvgIpc) is 2.53. The quantitative estimate of drug-likeness (QED) is 0.597. The number of rotatable bonds is 8. The van der Waals surface area contributed by atoms with Gasteiger partial charge in [0, 0.05) is 6.54 Å². The minimum absolute atomic E-state index is 0.537. The maximum absolute atomic E-state index is 5.55. The molecule has 112 valence electrons. The molecule has 0 aliphatic rings. The summed E-state index contributed by atoms with van der Waals surface area (Å²) in [4.78, 5) is 5.46. The van der Waals surface area contributed by atoms with E-state index < -0.39 is 0 Å². The third-order valence-electron chi connectivity index (χ3n) is 2.99. The Morgan fingerprint density at radius 1 is 0.952 bits per heavy atom. The minimum Gasteiger partial charge on any atom is -0.493 e. The van der Waals surface area contributed by atoms with Crippen LogP contribution in [0, 0.1) is 0 Å². The summed E-state index contributed by atoms with van der Waals surface area (Å²) in [5, 5.41) is 0. The molecule has 0 amide bonds. The Balaban J connectivity index is 1.84. The Hall–Kier alpha value is -2.04. The second-order valence-electron chi connectivity index (χ2n) is 4.51. The van der Waals surface area contributed by atoms with Crippen LogP contribution in [-0.4, -0.2) is 13.7 Å². The van der Waals surface area contributed by atoms with E-state index in [9.17, 15) is 0 Å². The zero-order chi connectivity index (χ0) is 14.9. The normalized spacial score (nSPS) is 10.4. The first-order chi connectivity index (χ1) is 10.3. The van der Waals surface area contributed by atoms with Crippen LogP contribution in [0.1, 0.15) is 18.1 Å². The van der Waals surface area contributed by atoms with Crippen LogP contribution in [-0.2, 0) is 18.0 Å². The summed E-state index contributed by atoms with van der Waals surface area (Å²) < 4.78 is 10.8. The molecule has 0 aliphatic heterocycles. The predicted molar refractivity (Wildman–Crippen MR) is 82.2 cm³/mol. The summed E-state index contributed by atoms with van der Waals surface area (Å²) in [6.07, 6.45) is 0. The first-order valence-corrected chi connectivity index (χ1v) is 7.01. The van der Waals surface area contributed by atoms with Crippen LogP contribution >= 0.6 is 0 Å². The van der Waals surface area contributed by atoms with Gasteiger partial charge in [0.2, 0.25) is 0 Å². The van der Waals surface area contributed by atoms with Gasteiger partial charge in [0.25, 0.3) is 0 Å². The van der Waals surface area contributed by atoms with E-state index in [4.69, 9.17) is 14.3 Å². The maximum atomic E-state index is 5.55. The summed E-state index contributed by atoms with van der Waals surface area (Å²) in [7, 11) is 1.64. The monoisotopic (exact) mass is 287 g/mol. The molecule has 0 aromatic heterocycles. The second-order valence-corrected chi connectivity index (χ2v) is 4.51. The molecular formula is C17H21NO3. The lowest BCUT2D eigenvalue weighted by molar-refractivity contribution is 0.0234. The molecule has 2 aromatic carbocycles. The first kappa shape index (κ1) is 15.4. The number of ether oxygens (including phenoxy) is 2. The van der Waals surface area contributed by atoms with Crippen LogP contribution in [0.5, 0.6) is 11.5 Å². The van der Waals surface area contributed by atoms with Crippen molar-refractivity contribution in [3.8, 4) is 11.5 Å². The molecule has 0 saturated heterocycles. The summed E-state index contributed by atoms with van der Waals surface area (Å²) in [5.41, 5.74) is 5.17. The fourth-order valence-electron chi connectivity index (χ4n) is 1.94. The third-order valence-corrected chi connectivity index (χ3v) is 2.99. The Morgan fingerprint density at radius 2 is 1.76 bits per heavy atom. The summed E-state index contributed by atoms with van der Waals surface area (Å²) in [5.74, 6) is 1.49. The van der Waals surface area contributed by atoms with Crippen LogP contribution in [0.15, 0.2) is 48.5 Å². The molecule has 2 rings (SSSR count). The molecule has 1 N–H and O–H groups in total. The Bertz CT molecular complexity index is 543. The van der Waals surface area contributed by atoms with Gasteiger partial charge in [-0.15, -0.1) is 0 Å². The molecule has 4 heteroatoms. The van der Waals surface area contributed by atoms with Crippen molar-refractivity contribution >= 4 is 0 Å². The highest BCUT2D eigenvalue weighted by Crippen LogP contribution is 2.27. The predicted octanol–water partition coefficient (Wildman–Crippen LogP) is 3.32. The molecular weight excluding hydrogens is 266 g/mol. The maximum Gasteiger partial charge on any atom is 0.161 e. The standard InChI is InChI=1S/C17H21NO3/c1-3-20-17-11-15(9-10-16(17)19-2)12-18-21-13-14-7-5-4-6-8-14/h4-11,18H,3,12-13H2,1-2H3. The Morgan fingerprint density at radius 3 is 2.48 bits per heavy atom. The second kappa shape index (κ2) is 8.29. The van der Waals surface area contributed by atoms with E-state index in [1.165, 1.54) is 0 Å². The minimum atomic E-state index is 0.537. The van der Waals surface area contributed by atoms with Crippen molar-refractivity contribution in [1.29, 1.82) is 0 Å². The van der Waals surface area contributed by atoms with Gasteiger partial charge in [0.15, 0.2) is 11.5 Å². The van der Waals surface area contributed by atoms with Gasteiger partial charge in [-0.25, -0.2) is 0 Å².